The number of unbranched alkanes of at least 4 members (excludes halogenated alkanes) is 6. The molecule has 0 aliphatic heterocycles. The number of nitrogens with one attached hydrogen (secondary N) is 13. The fourth-order valence-electron chi connectivity index (χ4n) is 12.7. The number of aliphatic carboxylic acids is 1. The van der Waals surface area contributed by atoms with Crippen LogP contribution in [0.2, 0.25) is 0 Å². The van der Waals surface area contributed by atoms with Crippen molar-refractivity contribution in [2.24, 2.45) is 40.1 Å². The minimum absolute atomic E-state index is 0.000503. The minimum Gasteiger partial charge on any atom is -0.480 e. The summed E-state index contributed by atoms with van der Waals surface area (Å²) in [5.74, 6) is -11.5. The van der Waals surface area contributed by atoms with Crippen LogP contribution in [0.1, 0.15) is 166 Å². The number of carbonyl (C=O) groups is 14. The normalized spacial score (nSPS) is 14.6. The Morgan fingerprint density at radius 2 is 0.412 bits per heavy atom. The first kappa shape index (κ1) is 101. The van der Waals surface area contributed by atoms with Crippen LogP contribution in [0.4, 0.5) is 0 Å². The summed E-state index contributed by atoms with van der Waals surface area (Å²) in [5.41, 5.74) is 43.4. The highest BCUT2D eigenvalue weighted by Crippen LogP contribution is 2.15. The van der Waals surface area contributed by atoms with Crippen LogP contribution in [0.3, 0.4) is 0 Å². The first-order valence-corrected chi connectivity index (χ1v) is 41.4. The Morgan fingerprint density at radius 1 is 0.235 bits per heavy atom. The number of carbonyl (C=O) groups excluding carboxylic acids is 13. The van der Waals surface area contributed by atoms with Crippen molar-refractivity contribution in [2.45, 2.75) is 254 Å². The Bertz CT molecular complexity index is 3800. The molecule has 0 radical (unpaired) electrons. The topological polar surface area (TPSA) is 598 Å². The van der Waals surface area contributed by atoms with Crippen LogP contribution in [0.15, 0.2) is 121 Å². The molecule has 0 fully saturated rings. The van der Waals surface area contributed by atoms with E-state index in [0.29, 0.717) is 119 Å². The molecular formula is C84H130N20O15. The summed E-state index contributed by atoms with van der Waals surface area (Å²) in [5, 5.41) is 44.7. The average Bonchev–Trinajstić information content (AvgIpc) is 0.850. The highest BCUT2D eigenvalue weighted by atomic mass is 16.4. The molecule has 35 nitrogen and oxygen atoms in total. The quantitative estimate of drug-likeness (QED) is 0.0224. The first-order chi connectivity index (χ1) is 57.1. The van der Waals surface area contributed by atoms with E-state index in [9.17, 15) is 72.2 Å². The minimum atomic E-state index is -1.41. The van der Waals surface area contributed by atoms with Gasteiger partial charge in [-0.1, -0.05) is 128 Å². The lowest BCUT2D eigenvalue weighted by molar-refractivity contribution is -0.142. The molecule has 119 heavy (non-hydrogen) atoms. The lowest BCUT2D eigenvalue weighted by Gasteiger charge is -2.28. The van der Waals surface area contributed by atoms with Crippen LogP contribution in [-0.4, -0.2) is 212 Å². The van der Waals surface area contributed by atoms with Gasteiger partial charge in [-0.2, -0.15) is 0 Å². The highest BCUT2D eigenvalue weighted by Gasteiger charge is 2.37. The van der Waals surface area contributed by atoms with Gasteiger partial charge in [0.25, 0.3) is 0 Å². The zero-order valence-electron chi connectivity index (χ0n) is 69.1. The lowest BCUT2D eigenvalue weighted by atomic mass is 10.0. The maximum Gasteiger partial charge on any atom is 0.326 e. The van der Waals surface area contributed by atoms with E-state index in [4.69, 9.17) is 40.1 Å². The molecule has 0 aliphatic rings. The zero-order chi connectivity index (χ0) is 87.6. The van der Waals surface area contributed by atoms with Crippen molar-refractivity contribution in [2.75, 3.05) is 39.3 Å². The van der Waals surface area contributed by atoms with Crippen molar-refractivity contribution in [3.63, 3.8) is 0 Å². The van der Waals surface area contributed by atoms with Crippen molar-refractivity contribution in [1.29, 1.82) is 0 Å². The second-order valence-electron chi connectivity index (χ2n) is 29.9. The molecule has 0 unspecified atom stereocenters. The Kier molecular flexibility index (Phi) is 47.8. The van der Waals surface area contributed by atoms with E-state index < -0.39 is 167 Å². The zero-order valence-corrected chi connectivity index (χ0v) is 69.1. The number of carboxylic acid groups (broad SMARTS) is 1. The molecule has 0 saturated heterocycles. The predicted molar refractivity (Wildman–Crippen MR) is 451 cm³/mol. The Morgan fingerprint density at radius 3 is 0.630 bits per heavy atom. The van der Waals surface area contributed by atoms with Gasteiger partial charge in [0.15, 0.2) is 0 Å². The average molecular weight is 1660 g/mol. The maximum absolute atomic E-state index is 14.8. The van der Waals surface area contributed by atoms with Gasteiger partial charge in [0, 0.05) is 25.7 Å². The molecule has 0 saturated carbocycles. The number of nitrogens with two attached hydrogens (primary N) is 7. The smallest absolute Gasteiger partial charge is 0.326 e. The van der Waals surface area contributed by atoms with E-state index in [1.807, 2.05) is 0 Å². The van der Waals surface area contributed by atoms with Crippen molar-refractivity contribution >= 4 is 82.8 Å². The number of amides is 13. The third-order valence-electron chi connectivity index (χ3n) is 19.9. The van der Waals surface area contributed by atoms with E-state index in [2.05, 4.69) is 69.1 Å². The van der Waals surface area contributed by atoms with E-state index in [1.54, 1.807) is 121 Å². The maximum atomic E-state index is 14.8. The van der Waals surface area contributed by atoms with Gasteiger partial charge in [0.1, 0.15) is 78.5 Å². The SMILES string of the molecule is C[C@@H](NC(=O)[C@@H](Cc1ccccc1)NC(=O)[C@H](N)CCCCN)C(=O)N[C@H](CCCCN)C(=O)N[C@H](Cc1ccccc1)C(=O)N[C@H](C)C(=O)N[C@H](CCCCN)C(=O)N[C@H](CCCCN)C(=O)N[C@H](Cc1ccccc1)C(=O)N[C@H](C)C(=O)N[C@H](CCCCN)C(=O)N[C@H](Cc1ccccc1)C(=O)N[C@H](C)C(=O)N[C@H](CCCCN)C(=O)O. The molecule has 28 N–H and O–H groups in total. The van der Waals surface area contributed by atoms with E-state index in [1.165, 1.54) is 27.7 Å². The van der Waals surface area contributed by atoms with E-state index in [0.717, 1.165) is 0 Å². The summed E-state index contributed by atoms with van der Waals surface area (Å²) in [7, 11) is 0. The number of benzene rings is 4. The molecule has 4 rings (SSSR count). The van der Waals surface area contributed by atoms with Crippen molar-refractivity contribution in [3.05, 3.63) is 144 Å². The molecule has 656 valence electrons. The predicted octanol–water partition coefficient (Wildman–Crippen LogP) is -1.47. The van der Waals surface area contributed by atoms with Crippen molar-refractivity contribution < 1.29 is 72.2 Å². The number of carboxylic acids is 1. The fourth-order valence-corrected chi connectivity index (χ4v) is 12.7. The van der Waals surface area contributed by atoms with Crippen LogP contribution in [0, 0.1) is 0 Å². The van der Waals surface area contributed by atoms with E-state index in [-0.39, 0.29) is 84.0 Å². The second-order valence-corrected chi connectivity index (χ2v) is 29.9. The van der Waals surface area contributed by atoms with Crippen molar-refractivity contribution in [1.82, 2.24) is 69.1 Å². The lowest BCUT2D eigenvalue weighted by Crippen LogP contribution is -2.60. The molecular weight excluding hydrogens is 1530 g/mol. The van der Waals surface area contributed by atoms with Crippen LogP contribution < -0.4 is 109 Å². The molecule has 35 heteroatoms. The molecule has 14 atom stereocenters. The molecule has 0 bridgehead atoms. The van der Waals surface area contributed by atoms with E-state index >= 15 is 0 Å². The number of rotatable bonds is 59. The summed E-state index contributed by atoms with van der Waals surface area (Å²) in [6, 6.07) is 16.8. The van der Waals surface area contributed by atoms with Crippen LogP contribution >= 0.6 is 0 Å². The summed E-state index contributed by atoms with van der Waals surface area (Å²) in [6.07, 6.45) is 5.44. The van der Waals surface area contributed by atoms with Crippen LogP contribution in [0.25, 0.3) is 0 Å². The summed E-state index contributed by atoms with van der Waals surface area (Å²) in [6.45, 7) is 7.16. The molecule has 13 amide bonds. The Balaban J connectivity index is 1.55. The van der Waals surface area contributed by atoms with Gasteiger partial charge in [0.2, 0.25) is 76.8 Å². The largest absolute Gasteiger partial charge is 0.480 e. The third kappa shape index (κ3) is 38.6. The summed E-state index contributed by atoms with van der Waals surface area (Å²) >= 11 is 0. The molecule has 0 spiro atoms. The molecule has 0 aliphatic carbocycles. The van der Waals surface area contributed by atoms with Gasteiger partial charge in [0.05, 0.1) is 6.04 Å². The van der Waals surface area contributed by atoms with Gasteiger partial charge in [-0.05, 0) is 198 Å². The fraction of sp³-hybridized carbons (Fsp3) is 0.548. The van der Waals surface area contributed by atoms with Crippen molar-refractivity contribution in [3.8, 4) is 0 Å². The third-order valence-corrected chi connectivity index (χ3v) is 19.9. The van der Waals surface area contributed by atoms with Gasteiger partial charge in [-0.3, -0.25) is 62.3 Å². The van der Waals surface area contributed by atoms with Gasteiger partial charge in [-0.25, -0.2) is 4.79 Å². The van der Waals surface area contributed by atoms with Crippen LogP contribution in [0.5, 0.6) is 0 Å². The molecule has 4 aromatic carbocycles. The van der Waals surface area contributed by atoms with Gasteiger partial charge in [-0.15, -0.1) is 0 Å². The monoisotopic (exact) mass is 1660 g/mol. The number of hydrogen-bond acceptors (Lipinski definition) is 21. The Labute approximate surface area is 697 Å². The summed E-state index contributed by atoms with van der Waals surface area (Å²) in [4.78, 5) is 197. The second kappa shape index (κ2) is 56.5. The van der Waals surface area contributed by atoms with Crippen LogP contribution in [-0.2, 0) is 92.8 Å². The molecule has 4 aromatic rings. The number of hydrogen-bond donors (Lipinski definition) is 21. The molecule has 0 aromatic heterocycles. The Hall–Kier alpha value is -10.8. The first-order valence-electron chi connectivity index (χ1n) is 41.4. The summed E-state index contributed by atoms with van der Waals surface area (Å²) < 4.78 is 0. The van der Waals surface area contributed by atoms with Gasteiger partial charge >= 0.3 is 5.97 Å². The highest BCUT2D eigenvalue weighted by molar-refractivity contribution is 6.00. The molecule has 0 heterocycles. The standard InChI is InChI=1S/C84H130N20O15/c1-53(92-80(114)67(49-57-29-9-5-10-30-57)101-75(109)61(91)37-17-23-43-85)72(106)97-63(39-19-25-45-87)77(111)102-68(50-58-31-11-6-12-32-58)81(115)93-54(2)71(105)96-62(38-18-24-44-86)76(110)99-65(41-21-27-47-89)79(113)104-70(52-60-35-15-8-16-36-60)82(116)94-55(3)73(107)98-64(40-20-26-46-88)78(112)103-69(51-59-33-13-7-14-34-59)83(117)95-56(4)74(108)100-66(84(118)119)42-22-28-48-90/h5-16,29-36,53-56,61-70H,17-28,37-52,85-91H2,1-4H3,(H,92,114)(H,93,115)(H,94,116)(H,95,117)(H,96,105)(H,97,106)(H,98,107)(H,99,110)(H,100,108)(H,101,109)(H,102,111)(H,103,112)(H,104,113)(H,118,119)/t53-,54-,55-,56-,61-,62-,63-,64-,65-,66-,67-,68-,69-,70-/m1/s1. The van der Waals surface area contributed by atoms with Gasteiger partial charge < -0.3 is 114 Å².